The number of rotatable bonds is 8. The van der Waals surface area contributed by atoms with E-state index in [1.165, 1.54) is 0 Å². The Bertz CT molecular complexity index is 429. The standard InChI is InChI=1S/C15H23N3O2/c1-3-10-17-14(19)9-11-18-15(20)12-5-7-13(8-6-12)16-4-2/h5-8,16H,3-4,9-11H2,1-2H3,(H,17,19)(H,18,20). The summed E-state index contributed by atoms with van der Waals surface area (Å²) in [4.78, 5) is 23.2. The lowest BCUT2D eigenvalue weighted by Crippen LogP contribution is -2.31. The minimum Gasteiger partial charge on any atom is -0.385 e. The van der Waals surface area contributed by atoms with E-state index in [1.54, 1.807) is 12.1 Å². The van der Waals surface area contributed by atoms with Gasteiger partial charge in [0.2, 0.25) is 5.91 Å². The molecular weight excluding hydrogens is 254 g/mol. The lowest BCUT2D eigenvalue weighted by Gasteiger charge is -2.07. The first kappa shape index (κ1) is 16.0. The molecule has 0 bridgehead atoms. The molecule has 0 saturated carbocycles. The van der Waals surface area contributed by atoms with Gasteiger partial charge in [-0.25, -0.2) is 0 Å². The highest BCUT2D eigenvalue weighted by atomic mass is 16.2. The molecule has 0 atom stereocenters. The van der Waals surface area contributed by atoms with Crippen LogP contribution in [-0.2, 0) is 4.79 Å². The van der Waals surface area contributed by atoms with E-state index in [-0.39, 0.29) is 11.8 Å². The molecule has 0 radical (unpaired) electrons. The Hall–Kier alpha value is -2.04. The lowest BCUT2D eigenvalue weighted by molar-refractivity contribution is -0.120. The molecule has 0 aliphatic rings. The van der Waals surface area contributed by atoms with Crippen molar-refractivity contribution in [1.29, 1.82) is 0 Å². The summed E-state index contributed by atoms with van der Waals surface area (Å²) in [7, 11) is 0. The normalized spacial score (nSPS) is 9.90. The van der Waals surface area contributed by atoms with Crippen LogP contribution in [0.4, 0.5) is 5.69 Å². The van der Waals surface area contributed by atoms with Crippen molar-refractivity contribution in [2.24, 2.45) is 0 Å². The van der Waals surface area contributed by atoms with Crippen LogP contribution >= 0.6 is 0 Å². The summed E-state index contributed by atoms with van der Waals surface area (Å²) >= 11 is 0. The van der Waals surface area contributed by atoms with Crippen molar-refractivity contribution in [2.45, 2.75) is 26.7 Å². The van der Waals surface area contributed by atoms with Crippen LogP contribution in [0.3, 0.4) is 0 Å². The zero-order chi connectivity index (χ0) is 14.8. The number of amides is 2. The van der Waals surface area contributed by atoms with Gasteiger partial charge in [0.05, 0.1) is 0 Å². The molecule has 0 spiro atoms. The number of carbonyl (C=O) groups excluding carboxylic acids is 2. The molecule has 0 unspecified atom stereocenters. The summed E-state index contributed by atoms with van der Waals surface area (Å²) in [5.74, 6) is -0.189. The van der Waals surface area contributed by atoms with E-state index in [4.69, 9.17) is 0 Å². The third-order valence-electron chi connectivity index (χ3n) is 2.74. The minimum absolute atomic E-state index is 0.0327. The molecule has 0 heterocycles. The van der Waals surface area contributed by atoms with E-state index in [2.05, 4.69) is 16.0 Å². The van der Waals surface area contributed by atoms with Gasteiger partial charge in [-0.15, -0.1) is 0 Å². The molecule has 0 fully saturated rings. The Labute approximate surface area is 120 Å². The van der Waals surface area contributed by atoms with E-state index in [0.717, 1.165) is 18.7 Å². The van der Waals surface area contributed by atoms with Gasteiger partial charge in [-0.2, -0.15) is 0 Å². The van der Waals surface area contributed by atoms with Crippen LogP contribution in [0.5, 0.6) is 0 Å². The van der Waals surface area contributed by atoms with Crippen LogP contribution in [0.1, 0.15) is 37.0 Å². The van der Waals surface area contributed by atoms with Crippen LogP contribution in [0.2, 0.25) is 0 Å². The summed E-state index contributed by atoms with van der Waals surface area (Å²) in [6, 6.07) is 7.27. The van der Waals surface area contributed by atoms with Gasteiger partial charge in [0, 0.05) is 37.3 Å². The molecule has 2 amide bonds. The highest BCUT2D eigenvalue weighted by Gasteiger charge is 2.06. The van der Waals surface area contributed by atoms with Gasteiger partial charge in [-0.3, -0.25) is 9.59 Å². The molecule has 1 rings (SSSR count). The zero-order valence-electron chi connectivity index (χ0n) is 12.2. The average molecular weight is 277 g/mol. The predicted octanol–water partition coefficient (Wildman–Crippen LogP) is 1.76. The first-order valence-corrected chi connectivity index (χ1v) is 7.06. The highest BCUT2D eigenvalue weighted by Crippen LogP contribution is 2.08. The van der Waals surface area contributed by atoms with Crippen molar-refractivity contribution in [3.63, 3.8) is 0 Å². The van der Waals surface area contributed by atoms with Crippen LogP contribution in [0.25, 0.3) is 0 Å². The van der Waals surface area contributed by atoms with E-state index in [1.807, 2.05) is 26.0 Å². The summed E-state index contributed by atoms with van der Waals surface area (Å²) in [6.45, 7) is 5.89. The monoisotopic (exact) mass is 277 g/mol. The molecule has 5 heteroatoms. The van der Waals surface area contributed by atoms with E-state index in [0.29, 0.717) is 25.1 Å². The number of hydrogen-bond donors (Lipinski definition) is 3. The fourth-order valence-electron chi connectivity index (χ4n) is 1.69. The fraction of sp³-hybridized carbons (Fsp3) is 0.467. The zero-order valence-corrected chi connectivity index (χ0v) is 12.2. The minimum atomic E-state index is -0.156. The van der Waals surface area contributed by atoms with Crippen LogP contribution in [0, 0.1) is 0 Å². The molecule has 20 heavy (non-hydrogen) atoms. The molecule has 110 valence electrons. The lowest BCUT2D eigenvalue weighted by atomic mass is 10.2. The molecule has 5 nitrogen and oxygen atoms in total. The molecule has 1 aromatic rings. The Balaban J connectivity index is 2.33. The van der Waals surface area contributed by atoms with E-state index in [9.17, 15) is 9.59 Å². The summed E-state index contributed by atoms with van der Waals surface area (Å²) < 4.78 is 0. The Morgan fingerprint density at radius 3 is 2.30 bits per heavy atom. The predicted molar refractivity (Wildman–Crippen MR) is 80.9 cm³/mol. The maximum atomic E-state index is 11.8. The molecule has 0 aromatic heterocycles. The summed E-state index contributed by atoms with van der Waals surface area (Å²) in [6.07, 6.45) is 1.22. The molecule has 0 saturated heterocycles. The van der Waals surface area contributed by atoms with Crippen molar-refractivity contribution in [1.82, 2.24) is 10.6 Å². The number of hydrogen-bond acceptors (Lipinski definition) is 3. The fourth-order valence-corrected chi connectivity index (χ4v) is 1.69. The maximum Gasteiger partial charge on any atom is 0.251 e. The van der Waals surface area contributed by atoms with Crippen LogP contribution in [-0.4, -0.2) is 31.4 Å². The number of benzene rings is 1. The third-order valence-corrected chi connectivity index (χ3v) is 2.74. The largest absolute Gasteiger partial charge is 0.385 e. The number of carbonyl (C=O) groups is 2. The van der Waals surface area contributed by atoms with E-state index < -0.39 is 0 Å². The molecule has 0 aliphatic heterocycles. The second kappa shape index (κ2) is 8.96. The molecular formula is C15H23N3O2. The maximum absolute atomic E-state index is 11.8. The number of anilines is 1. The summed E-state index contributed by atoms with van der Waals surface area (Å²) in [5, 5.41) is 8.67. The van der Waals surface area contributed by atoms with Crippen LogP contribution in [0.15, 0.2) is 24.3 Å². The first-order chi connectivity index (χ1) is 9.67. The second-order valence-electron chi connectivity index (χ2n) is 4.46. The van der Waals surface area contributed by atoms with Crippen LogP contribution < -0.4 is 16.0 Å². The van der Waals surface area contributed by atoms with Gasteiger partial charge >= 0.3 is 0 Å². The molecule has 0 aliphatic carbocycles. The van der Waals surface area contributed by atoms with Gasteiger partial charge in [0.1, 0.15) is 0 Å². The Kier molecular flexibility index (Phi) is 7.17. The van der Waals surface area contributed by atoms with Crippen molar-refractivity contribution in [3.05, 3.63) is 29.8 Å². The van der Waals surface area contributed by atoms with E-state index >= 15 is 0 Å². The number of nitrogens with one attached hydrogen (secondary N) is 3. The van der Waals surface area contributed by atoms with Gasteiger partial charge in [0.15, 0.2) is 0 Å². The molecule has 1 aromatic carbocycles. The average Bonchev–Trinajstić information content (AvgIpc) is 2.46. The molecule has 3 N–H and O–H groups in total. The van der Waals surface area contributed by atoms with Gasteiger partial charge in [0.25, 0.3) is 5.91 Å². The smallest absolute Gasteiger partial charge is 0.251 e. The first-order valence-electron chi connectivity index (χ1n) is 7.06. The van der Waals surface area contributed by atoms with Crippen molar-refractivity contribution >= 4 is 17.5 Å². The Morgan fingerprint density at radius 1 is 1.00 bits per heavy atom. The van der Waals surface area contributed by atoms with Gasteiger partial charge in [-0.1, -0.05) is 6.92 Å². The van der Waals surface area contributed by atoms with Crippen molar-refractivity contribution in [2.75, 3.05) is 25.0 Å². The highest BCUT2D eigenvalue weighted by molar-refractivity contribution is 5.94. The topological polar surface area (TPSA) is 70.2 Å². The quantitative estimate of drug-likeness (QED) is 0.678. The van der Waals surface area contributed by atoms with Crippen molar-refractivity contribution < 1.29 is 9.59 Å². The van der Waals surface area contributed by atoms with Gasteiger partial charge < -0.3 is 16.0 Å². The Morgan fingerprint density at radius 2 is 1.70 bits per heavy atom. The van der Waals surface area contributed by atoms with Crippen molar-refractivity contribution in [3.8, 4) is 0 Å². The van der Waals surface area contributed by atoms with Gasteiger partial charge in [-0.05, 0) is 37.6 Å². The second-order valence-corrected chi connectivity index (χ2v) is 4.46. The SMILES string of the molecule is CCCNC(=O)CCNC(=O)c1ccc(NCC)cc1. The summed E-state index contributed by atoms with van der Waals surface area (Å²) in [5.41, 5.74) is 1.59. The third kappa shape index (κ3) is 5.73.